The Morgan fingerprint density at radius 1 is 0.741 bits per heavy atom. The molecule has 0 unspecified atom stereocenters. The molecule has 0 atom stereocenters. The van der Waals surface area contributed by atoms with Crippen LogP contribution in [-0.2, 0) is 9.53 Å². The van der Waals surface area contributed by atoms with Crippen LogP contribution >= 0.6 is 0 Å². The van der Waals surface area contributed by atoms with Gasteiger partial charge in [-0.05, 0) is 39.0 Å². The Kier molecular flexibility index (Phi) is 25.4. The summed E-state index contributed by atoms with van der Waals surface area (Å²) in [6.45, 7) is 4.73. The lowest BCUT2D eigenvalue weighted by molar-refractivity contribution is -0.137. The third-order valence-electron chi connectivity index (χ3n) is 4.44. The Bertz CT molecular complexity index is 383. The monoisotopic (exact) mass is 380 g/mol. The van der Waals surface area contributed by atoms with E-state index in [2.05, 4.69) is 19.1 Å². The Morgan fingerprint density at radius 3 is 1.81 bits per heavy atom. The van der Waals surface area contributed by atoms with Crippen molar-refractivity contribution in [2.45, 2.75) is 104 Å². The summed E-state index contributed by atoms with van der Waals surface area (Å²) in [5.41, 5.74) is 0. The van der Waals surface area contributed by atoms with Crippen molar-refractivity contribution in [3.63, 3.8) is 0 Å². The predicted molar refractivity (Wildman–Crippen MR) is 118 cm³/mol. The lowest BCUT2D eigenvalue weighted by Gasteiger charge is -2.02. The van der Waals surface area contributed by atoms with Gasteiger partial charge in [-0.25, -0.2) is 4.79 Å². The van der Waals surface area contributed by atoms with Gasteiger partial charge in [-0.2, -0.15) is 0 Å². The van der Waals surface area contributed by atoms with Gasteiger partial charge < -0.3 is 10.2 Å². The van der Waals surface area contributed by atoms with E-state index >= 15 is 0 Å². The summed E-state index contributed by atoms with van der Waals surface area (Å²) < 4.78 is 5.14. The second kappa shape index (κ2) is 24.7. The highest BCUT2D eigenvalue weighted by atomic mass is 16.5. The van der Waals surface area contributed by atoms with Crippen LogP contribution in [0.15, 0.2) is 36.5 Å². The second-order valence-electron chi connectivity index (χ2n) is 6.99. The van der Waals surface area contributed by atoms with Gasteiger partial charge in [0.25, 0.3) is 0 Å². The molecule has 0 saturated carbocycles. The van der Waals surface area contributed by atoms with Gasteiger partial charge >= 0.3 is 5.97 Å². The van der Waals surface area contributed by atoms with E-state index in [-0.39, 0.29) is 11.4 Å². The van der Waals surface area contributed by atoms with Crippen molar-refractivity contribution in [2.24, 2.45) is 0 Å². The molecule has 0 aromatic carbocycles. The van der Waals surface area contributed by atoms with Gasteiger partial charge in [0.1, 0.15) is 0 Å². The predicted octanol–water partition coefficient (Wildman–Crippen LogP) is 6.87. The van der Waals surface area contributed by atoms with Crippen LogP contribution in [0.25, 0.3) is 0 Å². The van der Waals surface area contributed by atoms with Gasteiger partial charge in [-0.3, -0.25) is 0 Å². The molecule has 0 aliphatic carbocycles. The first kappa shape index (κ1) is 27.9. The first-order valence-electron chi connectivity index (χ1n) is 10.9. The van der Waals surface area contributed by atoms with Gasteiger partial charge in [0.05, 0.1) is 6.61 Å². The fourth-order valence-corrected chi connectivity index (χ4v) is 2.82. The molecule has 0 bridgehead atoms. The number of allylic oxidation sites excluding steroid dienone is 5. The van der Waals surface area contributed by atoms with Gasteiger partial charge in [0, 0.05) is 6.08 Å². The molecule has 27 heavy (non-hydrogen) atoms. The summed E-state index contributed by atoms with van der Waals surface area (Å²) in [5, 5.41) is 0. The largest absolute Gasteiger partial charge is 0.463 e. The molecule has 3 nitrogen and oxygen atoms in total. The number of rotatable bonds is 18. The highest BCUT2D eigenvalue weighted by Gasteiger charge is 1.96. The number of esters is 1. The summed E-state index contributed by atoms with van der Waals surface area (Å²) in [6.07, 6.45) is 29.7. The molecule has 0 spiro atoms. The minimum Gasteiger partial charge on any atom is -0.463 e. The number of ether oxygens (including phenoxy) is 1. The Morgan fingerprint density at radius 2 is 1.26 bits per heavy atom. The number of carbonyl (C=O) groups excluding carboxylic acids is 1. The van der Waals surface area contributed by atoms with Gasteiger partial charge in [0.15, 0.2) is 0 Å². The van der Waals surface area contributed by atoms with E-state index in [9.17, 15) is 4.79 Å². The van der Waals surface area contributed by atoms with Crippen LogP contribution in [0.5, 0.6) is 0 Å². The minimum atomic E-state index is -0.240. The molecule has 0 radical (unpaired) electrons. The molecule has 0 aliphatic rings. The van der Waals surface area contributed by atoms with Crippen LogP contribution in [0.3, 0.4) is 0 Å². The standard InChI is InChI=1S/C24H42O2.H2O/c1-3-5-7-8-9-10-11-12-13-14-15-16-17-18-19-21-23-26-24(25)22-20-6-4-2;/h4,6,12-13,20,22H,3,5,7-11,14-19,21,23H2,1-2H3;1H2/b6-4+,13-12-,22-20+;. The zero-order valence-corrected chi connectivity index (χ0v) is 17.9. The highest BCUT2D eigenvalue weighted by molar-refractivity contribution is 5.82. The molecule has 0 heterocycles. The molecular weight excluding hydrogens is 336 g/mol. The molecular formula is C24H44O3. The van der Waals surface area contributed by atoms with Crippen LogP contribution in [0.4, 0.5) is 0 Å². The van der Waals surface area contributed by atoms with Crippen molar-refractivity contribution in [2.75, 3.05) is 6.61 Å². The average Bonchev–Trinajstić information content (AvgIpc) is 2.64. The van der Waals surface area contributed by atoms with E-state index in [0.29, 0.717) is 6.61 Å². The topological polar surface area (TPSA) is 57.8 Å². The van der Waals surface area contributed by atoms with Crippen LogP contribution < -0.4 is 0 Å². The molecule has 0 aromatic heterocycles. The maximum absolute atomic E-state index is 11.3. The van der Waals surface area contributed by atoms with E-state index in [1.165, 1.54) is 83.1 Å². The van der Waals surface area contributed by atoms with E-state index in [1.807, 2.05) is 19.1 Å². The summed E-state index contributed by atoms with van der Waals surface area (Å²) in [4.78, 5) is 11.3. The summed E-state index contributed by atoms with van der Waals surface area (Å²) in [5.74, 6) is -0.240. The average molecular weight is 381 g/mol. The van der Waals surface area contributed by atoms with Crippen molar-refractivity contribution in [1.29, 1.82) is 0 Å². The van der Waals surface area contributed by atoms with Crippen LogP contribution in [-0.4, -0.2) is 18.1 Å². The molecule has 2 N–H and O–H groups in total. The normalized spacial score (nSPS) is 11.5. The molecule has 0 aromatic rings. The van der Waals surface area contributed by atoms with Crippen molar-refractivity contribution < 1.29 is 15.0 Å². The van der Waals surface area contributed by atoms with E-state index in [4.69, 9.17) is 4.74 Å². The fraction of sp³-hybridized carbons (Fsp3) is 0.708. The molecule has 0 aliphatic heterocycles. The maximum atomic E-state index is 11.3. The van der Waals surface area contributed by atoms with Crippen molar-refractivity contribution in [1.82, 2.24) is 0 Å². The van der Waals surface area contributed by atoms with Crippen LogP contribution in [0.2, 0.25) is 0 Å². The first-order chi connectivity index (χ1) is 12.8. The summed E-state index contributed by atoms with van der Waals surface area (Å²) >= 11 is 0. The molecule has 158 valence electrons. The maximum Gasteiger partial charge on any atom is 0.330 e. The molecule has 0 amide bonds. The van der Waals surface area contributed by atoms with Crippen molar-refractivity contribution >= 4 is 5.97 Å². The quantitative estimate of drug-likeness (QED) is 0.0855. The highest BCUT2D eigenvalue weighted by Crippen LogP contribution is 2.10. The number of hydrogen-bond acceptors (Lipinski definition) is 2. The Balaban J connectivity index is 0. The number of hydrogen-bond donors (Lipinski definition) is 0. The van der Waals surface area contributed by atoms with E-state index in [1.54, 1.807) is 6.08 Å². The Hall–Kier alpha value is -1.35. The minimum absolute atomic E-state index is 0. The Labute approximate surface area is 168 Å². The molecule has 0 fully saturated rings. The summed E-state index contributed by atoms with van der Waals surface area (Å²) in [7, 11) is 0. The molecule has 0 saturated heterocycles. The molecule has 3 heteroatoms. The van der Waals surface area contributed by atoms with Crippen LogP contribution in [0.1, 0.15) is 104 Å². The lowest BCUT2D eigenvalue weighted by Crippen LogP contribution is -2.02. The second-order valence-corrected chi connectivity index (χ2v) is 6.99. The first-order valence-corrected chi connectivity index (χ1v) is 10.9. The van der Waals surface area contributed by atoms with Crippen molar-refractivity contribution in [3.05, 3.63) is 36.5 Å². The number of unbranched alkanes of at least 4 members (excludes halogenated alkanes) is 12. The van der Waals surface area contributed by atoms with Gasteiger partial charge in [0.2, 0.25) is 0 Å². The summed E-state index contributed by atoms with van der Waals surface area (Å²) in [6, 6.07) is 0. The van der Waals surface area contributed by atoms with E-state index < -0.39 is 0 Å². The zero-order valence-electron chi connectivity index (χ0n) is 17.9. The molecule has 0 rings (SSSR count). The fourth-order valence-electron chi connectivity index (χ4n) is 2.82. The van der Waals surface area contributed by atoms with Gasteiger partial charge in [-0.15, -0.1) is 0 Å². The third-order valence-corrected chi connectivity index (χ3v) is 4.44. The lowest BCUT2D eigenvalue weighted by atomic mass is 10.1. The zero-order chi connectivity index (χ0) is 19.1. The third kappa shape index (κ3) is 24.6. The SMILES string of the molecule is C/C=C/C=C/C(=O)OCCCCCCCC/C=C\CCCCCCCC.O. The smallest absolute Gasteiger partial charge is 0.330 e. The van der Waals surface area contributed by atoms with E-state index in [0.717, 1.165) is 12.8 Å². The van der Waals surface area contributed by atoms with Crippen molar-refractivity contribution in [3.8, 4) is 0 Å². The number of carbonyl (C=O) groups is 1. The van der Waals surface area contributed by atoms with Gasteiger partial charge in [-0.1, -0.05) is 95.1 Å². The van der Waals surface area contributed by atoms with Crippen LogP contribution in [0, 0.1) is 0 Å².